The van der Waals surface area contributed by atoms with E-state index < -0.39 is 4.92 Å². The zero-order valence-electron chi connectivity index (χ0n) is 9.90. The summed E-state index contributed by atoms with van der Waals surface area (Å²) in [6.07, 6.45) is 0.184. The summed E-state index contributed by atoms with van der Waals surface area (Å²) in [6, 6.07) is 2.89. The van der Waals surface area contributed by atoms with Gasteiger partial charge in [0.2, 0.25) is 5.91 Å². The van der Waals surface area contributed by atoms with Gasteiger partial charge in [-0.1, -0.05) is 0 Å². The van der Waals surface area contributed by atoms with Crippen molar-refractivity contribution in [3.05, 3.63) is 27.8 Å². The van der Waals surface area contributed by atoms with E-state index in [1.165, 1.54) is 6.07 Å². The third-order valence-electron chi connectivity index (χ3n) is 2.66. The van der Waals surface area contributed by atoms with Crippen LogP contribution in [-0.2, 0) is 11.2 Å². The molecule has 1 atom stereocenters. The van der Waals surface area contributed by atoms with E-state index in [-0.39, 0.29) is 24.1 Å². The number of hydrogen-bond acceptors (Lipinski definition) is 5. The number of fused-ring (bicyclic) bond motifs is 1. The van der Waals surface area contributed by atoms with Crippen molar-refractivity contribution in [1.29, 1.82) is 0 Å². The minimum atomic E-state index is -0.466. The molecule has 1 aromatic carbocycles. The summed E-state index contributed by atoms with van der Waals surface area (Å²) < 4.78 is 0. The first-order valence-corrected chi connectivity index (χ1v) is 5.58. The third-order valence-corrected chi connectivity index (χ3v) is 2.66. The number of nitrogens with one attached hydrogen (secondary N) is 2. The molecule has 4 N–H and O–H groups in total. The van der Waals surface area contributed by atoms with E-state index in [4.69, 9.17) is 5.73 Å². The number of hydrogen-bond donors (Lipinski definition) is 3. The van der Waals surface area contributed by atoms with Crippen LogP contribution in [0, 0.1) is 10.1 Å². The van der Waals surface area contributed by atoms with Crippen molar-refractivity contribution in [2.45, 2.75) is 19.4 Å². The zero-order chi connectivity index (χ0) is 13.3. The van der Waals surface area contributed by atoms with Gasteiger partial charge in [0.15, 0.2) is 0 Å². The molecule has 2 rings (SSSR count). The quantitative estimate of drug-likeness (QED) is 0.542. The average Bonchev–Trinajstić information content (AvgIpc) is 2.63. The van der Waals surface area contributed by atoms with Gasteiger partial charge in [0.05, 0.1) is 11.3 Å². The predicted molar refractivity (Wildman–Crippen MR) is 67.6 cm³/mol. The second kappa shape index (κ2) is 4.61. The van der Waals surface area contributed by atoms with Crippen LogP contribution in [0.25, 0.3) is 0 Å². The molecule has 0 bridgehead atoms. The molecule has 18 heavy (non-hydrogen) atoms. The first kappa shape index (κ1) is 12.3. The molecule has 0 saturated heterocycles. The van der Waals surface area contributed by atoms with Crippen LogP contribution < -0.4 is 16.4 Å². The van der Waals surface area contributed by atoms with Gasteiger partial charge in [-0.2, -0.15) is 0 Å². The normalized spacial score (nSPS) is 14.9. The smallest absolute Gasteiger partial charge is 0.292 e. The number of benzene rings is 1. The highest BCUT2D eigenvalue weighted by Crippen LogP contribution is 2.34. The van der Waals surface area contributed by atoms with Gasteiger partial charge in [0, 0.05) is 24.3 Å². The molecule has 7 nitrogen and oxygen atoms in total. The van der Waals surface area contributed by atoms with Crippen LogP contribution in [0.1, 0.15) is 12.5 Å². The van der Waals surface area contributed by atoms with E-state index in [1.807, 2.05) is 0 Å². The van der Waals surface area contributed by atoms with Crippen LogP contribution in [-0.4, -0.2) is 23.4 Å². The lowest BCUT2D eigenvalue weighted by Gasteiger charge is -2.11. The number of carbonyl (C=O) groups excluding carboxylic acids is 1. The molecule has 0 spiro atoms. The Morgan fingerprint density at radius 3 is 2.94 bits per heavy atom. The molecule has 1 aliphatic heterocycles. The molecule has 1 heterocycles. The Morgan fingerprint density at radius 2 is 2.33 bits per heavy atom. The van der Waals surface area contributed by atoms with Crippen molar-refractivity contribution in [2.75, 3.05) is 17.2 Å². The first-order valence-electron chi connectivity index (χ1n) is 5.58. The minimum Gasteiger partial charge on any atom is -0.378 e. The Bertz CT molecular complexity index is 513. The zero-order valence-corrected chi connectivity index (χ0v) is 9.90. The second-order valence-electron chi connectivity index (χ2n) is 4.37. The van der Waals surface area contributed by atoms with Crippen molar-refractivity contribution in [1.82, 2.24) is 0 Å². The van der Waals surface area contributed by atoms with Crippen LogP contribution in [0.2, 0.25) is 0 Å². The van der Waals surface area contributed by atoms with Crippen molar-refractivity contribution < 1.29 is 9.72 Å². The Kier molecular flexibility index (Phi) is 3.15. The van der Waals surface area contributed by atoms with Crippen LogP contribution in [0.15, 0.2) is 12.1 Å². The molecule has 0 radical (unpaired) electrons. The molecular weight excluding hydrogens is 236 g/mol. The van der Waals surface area contributed by atoms with Crippen molar-refractivity contribution in [2.24, 2.45) is 5.73 Å². The molecule has 0 saturated carbocycles. The molecule has 96 valence electrons. The Balaban J connectivity index is 2.35. The largest absolute Gasteiger partial charge is 0.378 e. The topological polar surface area (TPSA) is 110 Å². The molecule has 1 aliphatic rings. The number of nitro benzene ring substituents is 1. The van der Waals surface area contributed by atoms with Gasteiger partial charge in [0.25, 0.3) is 5.69 Å². The Hall–Kier alpha value is -2.15. The predicted octanol–water partition coefficient (Wildman–Crippen LogP) is 0.848. The lowest BCUT2D eigenvalue weighted by Crippen LogP contribution is -2.25. The maximum Gasteiger partial charge on any atom is 0.292 e. The van der Waals surface area contributed by atoms with E-state index >= 15 is 0 Å². The summed E-state index contributed by atoms with van der Waals surface area (Å²) in [5.74, 6) is -0.149. The van der Waals surface area contributed by atoms with Gasteiger partial charge in [-0.15, -0.1) is 0 Å². The van der Waals surface area contributed by atoms with Gasteiger partial charge >= 0.3 is 0 Å². The van der Waals surface area contributed by atoms with Crippen LogP contribution in [0.5, 0.6) is 0 Å². The standard InChI is InChI=1S/C11H14N4O3/c1-6(12)5-13-9-4-8-7(3-11(16)14-8)2-10(9)15(17)18/h2,4,6,13H,3,5,12H2,1H3,(H,14,16). The van der Waals surface area contributed by atoms with Crippen LogP contribution in [0.3, 0.4) is 0 Å². The third kappa shape index (κ3) is 2.40. The number of amides is 1. The average molecular weight is 250 g/mol. The number of nitro groups is 1. The van der Waals surface area contributed by atoms with E-state index in [0.29, 0.717) is 23.5 Å². The number of nitrogens with two attached hydrogens (primary N) is 1. The minimum absolute atomic E-state index is 0.0362. The highest BCUT2D eigenvalue weighted by molar-refractivity contribution is 6.00. The maximum atomic E-state index is 11.2. The van der Waals surface area contributed by atoms with Gasteiger partial charge in [-0.05, 0) is 18.6 Å². The monoisotopic (exact) mass is 250 g/mol. The number of rotatable bonds is 4. The fourth-order valence-corrected chi connectivity index (χ4v) is 1.83. The van der Waals surface area contributed by atoms with E-state index in [9.17, 15) is 14.9 Å². The number of anilines is 2. The fraction of sp³-hybridized carbons (Fsp3) is 0.364. The number of nitrogens with zero attached hydrogens (tertiary/aromatic N) is 1. The SMILES string of the molecule is CC(N)CNc1cc2c(cc1[N+](=O)[O-])CC(=O)N2. The molecule has 1 aromatic rings. The van der Waals surface area contributed by atoms with Crippen molar-refractivity contribution in [3.8, 4) is 0 Å². The Labute approximate surface area is 104 Å². The molecule has 0 aromatic heterocycles. The lowest BCUT2D eigenvalue weighted by atomic mass is 10.1. The van der Waals surface area contributed by atoms with Crippen molar-refractivity contribution >= 4 is 23.0 Å². The molecule has 1 amide bonds. The van der Waals surface area contributed by atoms with E-state index in [0.717, 1.165) is 0 Å². The van der Waals surface area contributed by atoms with E-state index in [2.05, 4.69) is 10.6 Å². The first-order chi connectivity index (χ1) is 8.47. The molecule has 0 aliphatic carbocycles. The van der Waals surface area contributed by atoms with Gasteiger partial charge in [-0.25, -0.2) is 0 Å². The summed E-state index contributed by atoms with van der Waals surface area (Å²) in [5, 5.41) is 16.6. The fourth-order valence-electron chi connectivity index (χ4n) is 1.83. The lowest BCUT2D eigenvalue weighted by molar-refractivity contribution is -0.384. The summed E-state index contributed by atoms with van der Waals surface area (Å²) in [5.41, 5.74) is 7.21. The van der Waals surface area contributed by atoms with Crippen LogP contribution >= 0.6 is 0 Å². The van der Waals surface area contributed by atoms with Crippen molar-refractivity contribution in [3.63, 3.8) is 0 Å². The second-order valence-corrected chi connectivity index (χ2v) is 4.37. The molecule has 7 heteroatoms. The highest BCUT2D eigenvalue weighted by Gasteiger charge is 2.24. The van der Waals surface area contributed by atoms with Crippen LogP contribution in [0.4, 0.5) is 17.1 Å². The summed E-state index contributed by atoms with van der Waals surface area (Å²) in [6.45, 7) is 2.22. The van der Waals surface area contributed by atoms with E-state index in [1.54, 1.807) is 13.0 Å². The summed E-state index contributed by atoms with van der Waals surface area (Å²) in [4.78, 5) is 21.7. The number of carbonyl (C=O) groups is 1. The molecule has 0 fully saturated rings. The Morgan fingerprint density at radius 1 is 1.61 bits per heavy atom. The van der Waals surface area contributed by atoms with Gasteiger partial charge < -0.3 is 16.4 Å². The summed E-state index contributed by atoms with van der Waals surface area (Å²) >= 11 is 0. The molecular formula is C11H14N4O3. The van der Waals surface area contributed by atoms with Gasteiger partial charge in [-0.3, -0.25) is 14.9 Å². The summed E-state index contributed by atoms with van der Waals surface area (Å²) in [7, 11) is 0. The van der Waals surface area contributed by atoms with Gasteiger partial charge in [0.1, 0.15) is 5.69 Å². The maximum absolute atomic E-state index is 11.2. The molecule has 1 unspecified atom stereocenters. The highest BCUT2D eigenvalue weighted by atomic mass is 16.6.